The molecule has 1 heterocycles. The van der Waals surface area contributed by atoms with Crippen LogP contribution < -0.4 is 10.1 Å². The van der Waals surface area contributed by atoms with E-state index in [0.717, 1.165) is 6.42 Å². The van der Waals surface area contributed by atoms with E-state index >= 15 is 0 Å². The van der Waals surface area contributed by atoms with Gasteiger partial charge in [-0.3, -0.25) is 14.8 Å². The molecule has 0 amide bonds. The van der Waals surface area contributed by atoms with Crippen LogP contribution in [0.4, 0.5) is 17.2 Å². The number of nitrogens with zero attached hydrogens (tertiary/aromatic N) is 3. The fourth-order valence-corrected chi connectivity index (χ4v) is 1.69. The van der Waals surface area contributed by atoms with Crippen LogP contribution in [0.25, 0.3) is 0 Å². The lowest BCUT2D eigenvalue weighted by Crippen LogP contribution is -1.99. The fraction of sp³-hybridized carbons (Fsp3) is 0.308. The van der Waals surface area contributed by atoms with Crippen molar-refractivity contribution in [1.29, 1.82) is 0 Å². The number of nitro benzene ring substituents is 1. The molecule has 2 rings (SSSR count). The molecule has 0 bridgehead atoms. The highest BCUT2D eigenvalue weighted by atomic mass is 16.6. The van der Waals surface area contributed by atoms with E-state index in [0.29, 0.717) is 23.9 Å². The second kappa shape index (κ2) is 6.05. The maximum Gasteiger partial charge on any atom is 0.275 e. The zero-order chi connectivity index (χ0) is 14.5. The third-order valence-electron chi connectivity index (χ3n) is 2.56. The number of hydrogen-bond acceptors (Lipinski definition) is 5. The lowest BCUT2D eigenvalue weighted by molar-refractivity contribution is -0.384. The molecular formula is C13H16N4O3. The number of rotatable bonds is 6. The molecule has 0 fully saturated rings. The lowest BCUT2D eigenvalue weighted by atomic mass is 10.2. The normalized spacial score (nSPS) is 10.3. The molecule has 20 heavy (non-hydrogen) atoms. The summed E-state index contributed by atoms with van der Waals surface area (Å²) < 4.78 is 7.11. The predicted octanol–water partition coefficient (Wildman–Crippen LogP) is 2.86. The number of aryl methyl sites for hydroxylation is 1. The average Bonchev–Trinajstić information content (AvgIpc) is 2.81. The summed E-state index contributed by atoms with van der Waals surface area (Å²) in [4.78, 5) is 10.5. The molecule has 2 aromatic rings. The fourth-order valence-electron chi connectivity index (χ4n) is 1.69. The molecule has 0 spiro atoms. The van der Waals surface area contributed by atoms with Crippen LogP contribution in [0.2, 0.25) is 0 Å². The Balaban J connectivity index is 2.26. The van der Waals surface area contributed by atoms with Gasteiger partial charge in [-0.15, -0.1) is 0 Å². The van der Waals surface area contributed by atoms with Crippen molar-refractivity contribution in [3.05, 3.63) is 40.6 Å². The van der Waals surface area contributed by atoms with E-state index in [1.165, 1.54) is 12.1 Å². The van der Waals surface area contributed by atoms with Crippen LogP contribution in [0.5, 0.6) is 5.75 Å². The molecule has 0 aliphatic heterocycles. The number of anilines is 2. The van der Waals surface area contributed by atoms with Gasteiger partial charge in [0.05, 0.1) is 23.3 Å². The highest BCUT2D eigenvalue weighted by Crippen LogP contribution is 2.27. The van der Waals surface area contributed by atoms with Crippen molar-refractivity contribution in [2.45, 2.75) is 13.3 Å². The monoisotopic (exact) mass is 276 g/mol. The molecular weight excluding hydrogens is 260 g/mol. The standard InChI is InChI=1S/C13H16N4O3/c1-3-6-20-12-8-10(7-11(9-12)17(18)19)14-13-4-5-16(2)15-13/h4-5,7-9H,3,6H2,1-2H3,(H,14,15). The third kappa shape index (κ3) is 3.47. The molecule has 1 aromatic carbocycles. The van der Waals surface area contributed by atoms with Crippen LogP contribution in [0.1, 0.15) is 13.3 Å². The van der Waals surface area contributed by atoms with E-state index in [1.54, 1.807) is 30.1 Å². The van der Waals surface area contributed by atoms with E-state index in [-0.39, 0.29) is 5.69 Å². The third-order valence-corrected chi connectivity index (χ3v) is 2.56. The van der Waals surface area contributed by atoms with Crippen LogP contribution in [0, 0.1) is 10.1 Å². The number of benzene rings is 1. The van der Waals surface area contributed by atoms with Crippen LogP contribution in [0.3, 0.4) is 0 Å². The Bertz CT molecular complexity index is 609. The van der Waals surface area contributed by atoms with Crippen molar-refractivity contribution in [3.63, 3.8) is 0 Å². The first-order valence-corrected chi connectivity index (χ1v) is 6.27. The molecule has 0 unspecified atom stereocenters. The summed E-state index contributed by atoms with van der Waals surface area (Å²) in [5, 5.41) is 18.1. The van der Waals surface area contributed by atoms with E-state index in [2.05, 4.69) is 10.4 Å². The summed E-state index contributed by atoms with van der Waals surface area (Å²) in [5.74, 6) is 1.09. The molecule has 0 radical (unpaired) electrons. The maximum atomic E-state index is 10.9. The quantitative estimate of drug-likeness (QED) is 0.648. The maximum absolute atomic E-state index is 10.9. The van der Waals surface area contributed by atoms with Gasteiger partial charge < -0.3 is 10.1 Å². The van der Waals surface area contributed by atoms with Gasteiger partial charge in [0, 0.05) is 31.4 Å². The van der Waals surface area contributed by atoms with Crippen molar-refractivity contribution >= 4 is 17.2 Å². The number of aromatic nitrogens is 2. The highest BCUT2D eigenvalue weighted by Gasteiger charge is 2.11. The Morgan fingerprint density at radius 1 is 1.45 bits per heavy atom. The molecule has 0 aliphatic rings. The zero-order valence-corrected chi connectivity index (χ0v) is 11.4. The summed E-state index contributed by atoms with van der Waals surface area (Å²) in [5.41, 5.74) is 0.557. The number of non-ortho nitro benzene ring substituents is 1. The summed E-state index contributed by atoms with van der Waals surface area (Å²) in [7, 11) is 1.80. The van der Waals surface area contributed by atoms with Gasteiger partial charge in [-0.1, -0.05) is 6.92 Å². The smallest absolute Gasteiger partial charge is 0.275 e. The minimum Gasteiger partial charge on any atom is -0.493 e. The number of nitro groups is 1. The Labute approximate surface area is 116 Å². The van der Waals surface area contributed by atoms with Gasteiger partial charge in [-0.25, -0.2) is 0 Å². The van der Waals surface area contributed by atoms with Crippen LogP contribution in [-0.2, 0) is 7.05 Å². The molecule has 0 aliphatic carbocycles. The van der Waals surface area contributed by atoms with Gasteiger partial charge in [0.1, 0.15) is 5.75 Å². The van der Waals surface area contributed by atoms with Crippen molar-refractivity contribution < 1.29 is 9.66 Å². The Morgan fingerprint density at radius 2 is 2.25 bits per heavy atom. The van der Waals surface area contributed by atoms with Crippen molar-refractivity contribution in [2.24, 2.45) is 7.05 Å². The predicted molar refractivity (Wildman–Crippen MR) is 75.4 cm³/mol. The topological polar surface area (TPSA) is 82.2 Å². The first-order chi connectivity index (χ1) is 9.58. The SMILES string of the molecule is CCCOc1cc(Nc2ccn(C)n2)cc([N+](=O)[O-])c1. The minimum absolute atomic E-state index is 0.0166. The Hall–Kier alpha value is -2.57. The van der Waals surface area contributed by atoms with Gasteiger partial charge in [0.25, 0.3) is 5.69 Å². The molecule has 7 heteroatoms. The number of hydrogen-bond donors (Lipinski definition) is 1. The minimum atomic E-state index is -0.442. The van der Waals surface area contributed by atoms with Crippen LogP contribution in [-0.4, -0.2) is 21.3 Å². The van der Waals surface area contributed by atoms with Crippen molar-refractivity contribution in [1.82, 2.24) is 9.78 Å². The Morgan fingerprint density at radius 3 is 2.85 bits per heavy atom. The van der Waals surface area contributed by atoms with Gasteiger partial charge in [0.15, 0.2) is 5.82 Å². The first kappa shape index (κ1) is 13.9. The molecule has 7 nitrogen and oxygen atoms in total. The van der Waals surface area contributed by atoms with Gasteiger partial charge in [0.2, 0.25) is 0 Å². The van der Waals surface area contributed by atoms with E-state index < -0.39 is 4.92 Å². The van der Waals surface area contributed by atoms with Gasteiger partial charge >= 0.3 is 0 Å². The Kier molecular flexibility index (Phi) is 4.19. The zero-order valence-electron chi connectivity index (χ0n) is 11.4. The van der Waals surface area contributed by atoms with Gasteiger partial charge in [-0.2, -0.15) is 5.10 Å². The second-order valence-electron chi connectivity index (χ2n) is 4.32. The van der Waals surface area contributed by atoms with Crippen molar-refractivity contribution in [2.75, 3.05) is 11.9 Å². The largest absolute Gasteiger partial charge is 0.493 e. The van der Waals surface area contributed by atoms with E-state index in [9.17, 15) is 10.1 Å². The molecule has 1 aromatic heterocycles. The molecule has 1 N–H and O–H groups in total. The molecule has 106 valence electrons. The second-order valence-corrected chi connectivity index (χ2v) is 4.32. The van der Waals surface area contributed by atoms with Crippen LogP contribution >= 0.6 is 0 Å². The van der Waals surface area contributed by atoms with Gasteiger partial charge in [-0.05, 0) is 6.42 Å². The summed E-state index contributed by atoms with van der Waals surface area (Å²) in [6, 6.07) is 6.37. The van der Waals surface area contributed by atoms with E-state index in [4.69, 9.17) is 4.74 Å². The first-order valence-electron chi connectivity index (χ1n) is 6.27. The number of ether oxygens (including phenoxy) is 1. The lowest BCUT2D eigenvalue weighted by Gasteiger charge is -2.08. The highest BCUT2D eigenvalue weighted by molar-refractivity contribution is 5.62. The molecule has 0 saturated heterocycles. The molecule has 0 atom stereocenters. The summed E-state index contributed by atoms with van der Waals surface area (Å²) in [6.45, 7) is 2.49. The number of nitrogens with one attached hydrogen (secondary N) is 1. The molecule has 0 saturated carbocycles. The summed E-state index contributed by atoms with van der Waals surface area (Å²) in [6.07, 6.45) is 2.62. The van der Waals surface area contributed by atoms with E-state index in [1.807, 2.05) is 6.92 Å². The average molecular weight is 276 g/mol. The van der Waals surface area contributed by atoms with Crippen LogP contribution in [0.15, 0.2) is 30.5 Å². The van der Waals surface area contributed by atoms with Crippen molar-refractivity contribution in [3.8, 4) is 5.75 Å². The summed E-state index contributed by atoms with van der Waals surface area (Å²) >= 11 is 0.